The fraction of sp³-hybridized carbons (Fsp3) is 0.278. The van der Waals surface area contributed by atoms with E-state index in [9.17, 15) is 9.18 Å². The third kappa shape index (κ3) is 2.88. The molecule has 1 aliphatic rings. The van der Waals surface area contributed by atoms with Gasteiger partial charge in [-0.2, -0.15) is 0 Å². The molecule has 0 bridgehead atoms. The van der Waals surface area contributed by atoms with Crippen molar-refractivity contribution in [3.63, 3.8) is 0 Å². The molecule has 0 aliphatic carbocycles. The van der Waals surface area contributed by atoms with E-state index in [0.29, 0.717) is 6.61 Å². The first-order chi connectivity index (χ1) is 10.1. The molecule has 0 fully saturated rings. The van der Waals surface area contributed by atoms with Gasteiger partial charge in [-0.15, -0.1) is 0 Å². The Morgan fingerprint density at radius 1 is 1.29 bits per heavy atom. The molecule has 0 N–H and O–H groups in total. The van der Waals surface area contributed by atoms with Gasteiger partial charge in [0.1, 0.15) is 5.82 Å². The van der Waals surface area contributed by atoms with Crippen LogP contribution in [0.5, 0.6) is 0 Å². The summed E-state index contributed by atoms with van der Waals surface area (Å²) >= 11 is 0. The summed E-state index contributed by atoms with van der Waals surface area (Å²) in [5.41, 5.74) is 3.21. The summed E-state index contributed by atoms with van der Waals surface area (Å²) in [6.45, 7) is 2.41. The Kier molecular flexibility index (Phi) is 3.84. The zero-order valence-corrected chi connectivity index (χ0v) is 11.9. The van der Waals surface area contributed by atoms with Gasteiger partial charge in [0.2, 0.25) is 0 Å². The average Bonchev–Trinajstić information content (AvgIpc) is 2.47. The van der Waals surface area contributed by atoms with Gasteiger partial charge in [0.25, 0.3) is 0 Å². The van der Waals surface area contributed by atoms with Gasteiger partial charge in [-0.3, -0.25) is 4.79 Å². The summed E-state index contributed by atoms with van der Waals surface area (Å²) in [6.07, 6.45) is 0.764. The minimum Gasteiger partial charge on any atom is -0.373 e. The van der Waals surface area contributed by atoms with Gasteiger partial charge in [-0.05, 0) is 42.2 Å². The monoisotopic (exact) mass is 284 g/mol. The second-order valence-corrected chi connectivity index (χ2v) is 5.42. The number of hydrogen-bond donors (Lipinski definition) is 0. The molecule has 1 atom stereocenters. The highest BCUT2D eigenvalue weighted by atomic mass is 19.1. The predicted molar refractivity (Wildman–Crippen MR) is 78.9 cm³/mol. The number of benzene rings is 2. The molecule has 2 aromatic carbocycles. The summed E-state index contributed by atoms with van der Waals surface area (Å²) in [5, 5.41) is 0. The minimum atomic E-state index is -0.455. The first kappa shape index (κ1) is 14.0. The molecule has 2 nitrogen and oxygen atoms in total. The second kappa shape index (κ2) is 5.78. The average molecular weight is 284 g/mol. The third-order valence-electron chi connectivity index (χ3n) is 3.89. The number of Topliss-reactive ketones (excluding diaryl/α,β-unsaturated/α-hetero) is 1. The predicted octanol–water partition coefficient (Wildman–Crippen LogP) is 4.02. The number of halogens is 1. The lowest BCUT2D eigenvalue weighted by Gasteiger charge is -2.25. The van der Waals surface area contributed by atoms with Crippen LogP contribution in [0.15, 0.2) is 42.5 Å². The van der Waals surface area contributed by atoms with Gasteiger partial charge in [0.05, 0.1) is 18.3 Å². The Bertz CT molecular complexity index is 679. The van der Waals surface area contributed by atoms with Crippen LogP contribution in [0.4, 0.5) is 4.39 Å². The Balaban J connectivity index is 1.83. The fourth-order valence-electron chi connectivity index (χ4n) is 2.77. The molecule has 1 unspecified atom stereocenters. The maximum atomic E-state index is 13.9. The Morgan fingerprint density at radius 2 is 2.10 bits per heavy atom. The highest BCUT2D eigenvalue weighted by Gasteiger charge is 2.24. The number of carbonyl (C=O) groups is 1. The van der Waals surface area contributed by atoms with E-state index in [2.05, 4.69) is 6.07 Å². The van der Waals surface area contributed by atoms with E-state index in [0.717, 1.165) is 17.5 Å². The lowest BCUT2D eigenvalue weighted by molar-refractivity contribution is 0.0351. The highest BCUT2D eigenvalue weighted by molar-refractivity contribution is 5.96. The molecule has 21 heavy (non-hydrogen) atoms. The Hall–Kier alpha value is -2.00. The number of aryl methyl sites for hydroxylation is 1. The zero-order chi connectivity index (χ0) is 14.8. The van der Waals surface area contributed by atoms with Crippen molar-refractivity contribution in [1.29, 1.82) is 0 Å². The molecule has 0 aromatic heterocycles. The summed E-state index contributed by atoms with van der Waals surface area (Å²) < 4.78 is 19.6. The standard InChI is InChI=1S/C18H17FO2/c1-12-6-7-15(16(19)10-12)17(20)11-18-14-5-3-2-4-13(14)8-9-21-18/h2-7,10,18H,8-9,11H2,1H3. The van der Waals surface area contributed by atoms with Crippen LogP contribution in [0.2, 0.25) is 0 Å². The molecule has 2 aromatic rings. The van der Waals surface area contributed by atoms with E-state index in [1.807, 2.05) is 18.2 Å². The van der Waals surface area contributed by atoms with Gasteiger partial charge in [-0.1, -0.05) is 30.3 Å². The minimum absolute atomic E-state index is 0.146. The van der Waals surface area contributed by atoms with Crippen LogP contribution in [0, 0.1) is 12.7 Å². The first-order valence-corrected chi connectivity index (χ1v) is 7.14. The zero-order valence-electron chi connectivity index (χ0n) is 11.9. The number of fused-ring (bicyclic) bond motifs is 1. The molecule has 1 heterocycles. The van der Waals surface area contributed by atoms with Crippen molar-refractivity contribution in [1.82, 2.24) is 0 Å². The second-order valence-electron chi connectivity index (χ2n) is 5.42. The smallest absolute Gasteiger partial charge is 0.168 e. The maximum Gasteiger partial charge on any atom is 0.168 e. The van der Waals surface area contributed by atoms with Crippen LogP contribution >= 0.6 is 0 Å². The van der Waals surface area contributed by atoms with Crippen LogP contribution in [-0.2, 0) is 11.2 Å². The fourth-order valence-corrected chi connectivity index (χ4v) is 2.77. The third-order valence-corrected chi connectivity index (χ3v) is 3.89. The Labute approximate surface area is 123 Å². The lowest BCUT2D eigenvalue weighted by Crippen LogP contribution is -2.19. The van der Waals surface area contributed by atoms with Crippen LogP contribution in [0.25, 0.3) is 0 Å². The molecular weight excluding hydrogens is 267 g/mol. The highest BCUT2D eigenvalue weighted by Crippen LogP contribution is 2.30. The molecular formula is C18H17FO2. The van der Waals surface area contributed by atoms with E-state index >= 15 is 0 Å². The molecule has 108 valence electrons. The number of carbonyl (C=O) groups excluding carboxylic acids is 1. The molecule has 3 heteroatoms. The molecule has 3 rings (SSSR count). The van der Waals surface area contributed by atoms with Gasteiger partial charge in [-0.25, -0.2) is 4.39 Å². The van der Waals surface area contributed by atoms with Crippen LogP contribution in [-0.4, -0.2) is 12.4 Å². The van der Waals surface area contributed by atoms with Crippen molar-refractivity contribution >= 4 is 5.78 Å². The van der Waals surface area contributed by atoms with Gasteiger partial charge < -0.3 is 4.74 Å². The normalized spacial score (nSPS) is 17.3. The molecule has 1 aliphatic heterocycles. The van der Waals surface area contributed by atoms with Crippen molar-refractivity contribution in [2.45, 2.75) is 25.9 Å². The van der Waals surface area contributed by atoms with Crippen LogP contribution in [0.3, 0.4) is 0 Å². The largest absolute Gasteiger partial charge is 0.373 e. The van der Waals surface area contributed by atoms with E-state index in [1.54, 1.807) is 19.1 Å². The summed E-state index contributed by atoms with van der Waals surface area (Å²) in [6, 6.07) is 12.7. The number of ketones is 1. The van der Waals surface area contributed by atoms with Crippen LogP contribution in [0.1, 0.15) is 39.6 Å². The first-order valence-electron chi connectivity index (χ1n) is 7.14. The maximum absolute atomic E-state index is 13.9. The van der Waals surface area contributed by atoms with Crippen molar-refractivity contribution < 1.29 is 13.9 Å². The summed E-state index contributed by atoms with van der Waals surface area (Å²) in [7, 11) is 0. The van der Waals surface area contributed by atoms with Crippen molar-refractivity contribution in [3.8, 4) is 0 Å². The number of rotatable bonds is 3. The van der Waals surface area contributed by atoms with E-state index in [-0.39, 0.29) is 23.9 Å². The quantitative estimate of drug-likeness (QED) is 0.796. The lowest BCUT2D eigenvalue weighted by atomic mass is 9.93. The van der Waals surface area contributed by atoms with E-state index in [4.69, 9.17) is 4.74 Å². The number of hydrogen-bond acceptors (Lipinski definition) is 2. The van der Waals surface area contributed by atoms with Crippen molar-refractivity contribution in [2.24, 2.45) is 0 Å². The molecule has 0 amide bonds. The van der Waals surface area contributed by atoms with Crippen molar-refractivity contribution in [2.75, 3.05) is 6.61 Å². The Morgan fingerprint density at radius 3 is 2.90 bits per heavy atom. The van der Waals surface area contributed by atoms with Crippen LogP contribution < -0.4 is 0 Å². The van der Waals surface area contributed by atoms with Gasteiger partial charge in [0.15, 0.2) is 5.78 Å². The van der Waals surface area contributed by atoms with Gasteiger partial charge in [0, 0.05) is 6.42 Å². The SMILES string of the molecule is Cc1ccc(C(=O)CC2OCCc3ccccc32)c(F)c1. The molecule has 0 saturated carbocycles. The van der Waals surface area contributed by atoms with E-state index < -0.39 is 5.82 Å². The molecule has 0 radical (unpaired) electrons. The summed E-state index contributed by atoms with van der Waals surface area (Å²) in [5.74, 6) is -0.668. The summed E-state index contributed by atoms with van der Waals surface area (Å²) in [4.78, 5) is 12.3. The topological polar surface area (TPSA) is 26.3 Å². The van der Waals surface area contributed by atoms with E-state index in [1.165, 1.54) is 11.6 Å². The van der Waals surface area contributed by atoms with Crippen molar-refractivity contribution in [3.05, 3.63) is 70.5 Å². The number of ether oxygens (including phenoxy) is 1. The van der Waals surface area contributed by atoms with Gasteiger partial charge >= 0.3 is 0 Å². The molecule has 0 saturated heterocycles. The molecule has 0 spiro atoms.